The summed E-state index contributed by atoms with van der Waals surface area (Å²) in [6.07, 6.45) is 0. The number of piperazine rings is 1. The van der Waals surface area contributed by atoms with Crippen molar-refractivity contribution < 1.29 is 14.4 Å². The highest BCUT2D eigenvalue weighted by molar-refractivity contribution is 5.94. The number of hydrogen-bond donors (Lipinski definition) is 1. The molecule has 1 fully saturated rings. The molecule has 1 heterocycles. The molecular formula is C21H33N3O3. The lowest BCUT2D eigenvalue weighted by Crippen LogP contribution is -2.47. The van der Waals surface area contributed by atoms with Crippen LogP contribution in [-0.2, 0) is 16.2 Å². The van der Waals surface area contributed by atoms with Crippen molar-refractivity contribution in [3.05, 3.63) is 35.4 Å². The van der Waals surface area contributed by atoms with Crippen LogP contribution < -0.4 is 5.32 Å². The Bertz CT molecular complexity index is 666. The van der Waals surface area contributed by atoms with Gasteiger partial charge in [-0.1, -0.05) is 12.1 Å². The molecule has 1 N–H and O–H groups in total. The Hall–Kier alpha value is -1.92. The number of hydrogen-bond acceptors (Lipinski definition) is 5. The second-order valence-corrected chi connectivity index (χ2v) is 9.24. The van der Waals surface area contributed by atoms with Crippen LogP contribution in [0.3, 0.4) is 0 Å². The molecule has 1 aromatic rings. The summed E-state index contributed by atoms with van der Waals surface area (Å²) in [5, 5.41) is 4.74. The Morgan fingerprint density at radius 2 is 1.67 bits per heavy atom. The van der Waals surface area contributed by atoms with Crippen LogP contribution in [0.4, 0.5) is 0 Å². The van der Waals surface area contributed by atoms with Crippen LogP contribution in [0.2, 0.25) is 0 Å². The second kappa shape index (κ2) is 8.40. The maximum atomic E-state index is 12.4. The number of rotatable bonds is 4. The Kier molecular flexibility index (Phi) is 6.65. The first kappa shape index (κ1) is 21.4. The lowest BCUT2D eigenvalue weighted by atomic mass is 9.98. The van der Waals surface area contributed by atoms with E-state index in [9.17, 15) is 9.59 Å². The molecule has 0 spiro atoms. The van der Waals surface area contributed by atoms with Crippen molar-refractivity contribution in [2.24, 2.45) is 5.41 Å². The monoisotopic (exact) mass is 375 g/mol. The van der Waals surface area contributed by atoms with Gasteiger partial charge in [0.2, 0.25) is 0 Å². The van der Waals surface area contributed by atoms with Crippen LogP contribution in [-0.4, -0.2) is 53.6 Å². The van der Waals surface area contributed by atoms with Crippen LogP contribution in [0.25, 0.3) is 0 Å². The van der Waals surface area contributed by atoms with E-state index in [0.717, 1.165) is 25.2 Å². The van der Waals surface area contributed by atoms with Crippen LogP contribution in [0.5, 0.6) is 0 Å². The van der Waals surface area contributed by atoms with Gasteiger partial charge in [0.25, 0.3) is 5.91 Å². The van der Waals surface area contributed by atoms with E-state index in [1.54, 1.807) is 5.06 Å². The molecule has 0 unspecified atom stereocenters. The van der Waals surface area contributed by atoms with Crippen molar-refractivity contribution in [2.45, 2.75) is 53.6 Å². The Morgan fingerprint density at radius 1 is 1.04 bits per heavy atom. The molecule has 0 radical (unpaired) electrons. The molecule has 1 aliphatic rings. The fraction of sp³-hybridized carbons (Fsp3) is 0.619. The summed E-state index contributed by atoms with van der Waals surface area (Å²) in [4.78, 5) is 32.1. The minimum atomic E-state index is -0.495. The summed E-state index contributed by atoms with van der Waals surface area (Å²) in [6, 6.07) is 7.76. The Labute approximate surface area is 162 Å². The molecule has 1 amide bonds. The topological polar surface area (TPSA) is 61.9 Å². The summed E-state index contributed by atoms with van der Waals surface area (Å²) >= 11 is 0. The highest BCUT2D eigenvalue weighted by Gasteiger charge is 2.27. The van der Waals surface area contributed by atoms with E-state index < -0.39 is 5.41 Å². The minimum absolute atomic E-state index is 0.0525. The van der Waals surface area contributed by atoms with Crippen LogP contribution in [0.15, 0.2) is 24.3 Å². The number of nitrogens with one attached hydrogen (secondary N) is 1. The van der Waals surface area contributed by atoms with Gasteiger partial charge >= 0.3 is 5.97 Å². The molecule has 0 aromatic heterocycles. The van der Waals surface area contributed by atoms with Crippen molar-refractivity contribution in [3.8, 4) is 0 Å². The maximum Gasteiger partial charge on any atom is 0.330 e. The summed E-state index contributed by atoms with van der Waals surface area (Å²) in [5.74, 6) is -0.253. The highest BCUT2D eigenvalue weighted by atomic mass is 16.7. The molecule has 1 aliphatic heterocycles. The van der Waals surface area contributed by atoms with E-state index in [0.29, 0.717) is 18.7 Å². The number of nitrogens with zero attached hydrogens (tertiary/aromatic N) is 2. The first-order valence-electron chi connectivity index (χ1n) is 9.55. The van der Waals surface area contributed by atoms with Crippen LogP contribution in [0.1, 0.15) is 57.5 Å². The van der Waals surface area contributed by atoms with Gasteiger partial charge in [-0.3, -0.25) is 9.69 Å². The van der Waals surface area contributed by atoms with Gasteiger partial charge in [-0.05, 0) is 59.2 Å². The highest BCUT2D eigenvalue weighted by Crippen LogP contribution is 2.17. The SMILES string of the molecule is CC(C)(C)NC(=O)c1cccc(CN2CCN(OC(=O)C(C)(C)C)CC2)c1. The van der Waals surface area contributed by atoms with E-state index in [1.165, 1.54) is 0 Å². The summed E-state index contributed by atoms with van der Waals surface area (Å²) in [6.45, 7) is 15.3. The second-order valence-electron chi connectivity index (χ2n) is 9.24. The van der Waals surface area contributed by atoms with Gasteiger partial charge in [0.05, 0.1) is 5.41 Å². The standard InChI is InChI=1S/C21H33N3O3/c1-20(2,3)19(26)27-24-12-10-23(11-13-24)15-16-8-7-9-17(14-16)18(25)22-21(4,5)6/h7-9,14H,10-13,15H2,1-6H3,(H,22,25). The molecule has 1 saturated heterocycles. The van der Waals surface area contributed by atoms with E-state index in [-0.39, 0.29) is 17.4 Å². The molecule has 0 saturated carbocycles. The molecule has 2 rings (SSSR count). The molecule has 1 aromatic carbocycles. The average Bonchev–Trinajstić information content (AvgIpc) is 2.54. The molecule has 6 nitrogen and oxygen atoms in total. The number of carbonyl (C=O) groups excluding carboxylic acids is 2. The predicted octanol–water partition coefficient (Wildman–Crippen LogP) is 2.84. The zero-order valence-electron chi connectivity index (χ0n) is 17.5. The zero-order valence-corrected chi connectivity index (χ0v) is 17.5. The average molecular weight is 376 g/mol. The van der Waals surface area contributed by atoms with Gasteiger partial charge in [-0.25, -0.2) is 4.79 Å². The molecular weight excluding hydrogens is 342 g/mol. The van der Waals surface area contributed by atoms with E-state index in [1.807, 2.05) is 65.8 Å². The third-order valence-corrected chi connectivity index (χ3v) is 4.24. The number of carbonyl (C=O) groups is 2. The third kappa shape index (κ3) is 6.96. The number of amides is 1. The lowest BCUT2D eigenvalue weighted by Gasteiger charge is -2.34. The van der Waals surface area contributed by atoms with Crippen LogP contribution >= 0.6 is 0 Å². The van der Waals surface area contributed by atoms with Gasteiger partial charge in [-0.2, -0.15) is 0 Å². The smallest absolute Gasteiger partial charge is 0.330 e. The van der Waals surface area contributed by atoms with Crippen molar-refractivity contribution in [1.82, 2.24) is 15.3 Å². The summed E-state index contributed by atoms with van der Waals surface area (Å²) in [5.41, 5.74) is 1.04. The van der Waals surface area contributed by atoms with E-state index in [4.69, 9.17) is 4.84 Å². The van der Waals surface area contributed by atoms with E-state index >= 15 is 0 Å². The van der Waals surface area contributed by atoms with Crippen molar-refractivity contribution in [3.63, 3.8) is 0 Å². The fourth-order valence-electron chi connectivity index (χ4n) is 2.71. The molecule has 150 valence electrons. The lowest BCUT2D eigenvalue weighted by molar-refractivity contribution is -0.207. The normalized spacial score (nSPS) is 16.8. The fourth-order valence-corrected chi connectivity index (χ4v) is 2.71. The quantitative estimate of drug-likeness (QED) is 0.877. The maximum absolute atomic E-state index is 12.4. The largest absolute Gasteiger partial charge is 0.367 e. The van der Waals surface area contributed by atoms with Crippen molar-refractivity contribution in [2.75, 3.05) is 26.2 Å². The molecule has 27 heavy (non-hydrogen) atoms. The van der Waals surface area contributed by atoms with Crippen molar-refractivity contribution >= 4 is 11.9 Å². The van der Waals surface area contributed by atoms with Crippen LogP contribution in [0, 0.1) is 5.41 Å². The number of hydroxylamine groups is 2. The molecule has 6 heteroatoms. The Morgan fingerprint density at radius 3 is 2.22 bits per heavy atom. The van der Waals surface area contributed by atoms with Gasteiger partial charge in [0, 0.05) is 43.8 Å². The van der Waals surface area contributed by atoms with E-state index in [2.05, 4.69) is 10.2 Å². The molecule has 0 bridgehead atoms. The molecule has 0 atom stereocenters. The summed E-state index contributed by atoms with van der Waals surface area (Å²) < 4.78 is 0. The van der Waals surface area contributed by atoms with Gasteiger partial charge in [0.15, 0.2) is 0 Å². The third-order valence-electron chi connectivity index (χ3n) is 4.24. The number of benzene rings is 1. The van der Waals surface area contributed by atoms with Gasteiger partial charge in [-0.15, -0.1) is 5.06 Å². The van der Waals surface area contributed by atoms with Gasteiger partial charge in [0.1, 0.15) is 0 Å². The zero-order chi connectivity index (χ0) is 20.2. The summed E-state index contributed by atoms with van der Waals surface area (Å²) in [7, 11) is 0. The minimum Gasteiger partial charge on any atom is -0.367 e. The first-order chi connectivity index (χ1) is 12.4. The van der Waals surface area contributed by atoms with Gasteiger partial charge < -0.3 is 10.2 Å². The Balaban J connectivity index is 1.88. The first-order valence-corrected chi connectivity index (χ1v) is 9.55. The predicted molar refractivity (Wildman–Crippen MR) is 106 cm³/mol. The van der Waals surface area contributed by atoms with Crippen molar-refractivity contribution in [1.29, 1.82) is 0 Å². The molecule has 0 aliphatic carbocycles.